The largest absolute Gasteiger partial charge is 1.00 e. The minimum Gasteiger partial charge on any atom is -1.00 e. The van der Waals surface area contributed by atoms with E-state index in [1.54, 1.807) is 18.2 Å². The second-order valence-electron chi connectivity index (χ2n) is 31.7. The number of nitrogens with zero attached hydrogens (tertiary/aromatic N) is 5. The Labute approximate surface area is 699 Å². The SMILES string of the molecule is Cc1ccc2c(c1)c1ccc3c4c1n2-c1ccccc1B4c1ccccc1O3.Cc1ccc2c3ccc4c5c3n(c2c1)-c1ccccc1B5c1ccccc1O4.Cc1cccc2c3ccc4c5c3n(c12)-c1ccccc1B5c1ccccc1O4.FI(F)N=I(F)(F)c1cccc2c1c1ccc3c4c1n2-c1ccccc1B4c1ccccc1O3.[F-].[F-]. The maximum Gasteiger partial charge on any atom is -1.00 e. The second-order valence-corrected chi connectivity index (χ2v) is 39.0. The smallest absolute Gasteiger partial charge is 1.00 e. The summed E-state index contributed by atoms with van der Waals surface area (Å²) in [7, 11) is 0. The number of aromatic nitrogens is 4. The number of ether oxygens (including phenoxy) is 4. The van der Waals surface area contributed by atoms with Crippen LogP contribution in [0.2, 0.25) is 0 Å². The number of halogens is 8. The van der Waals surface area contributed by atoms with E-state index in [0.29, 0.717) is 22.0 Å². The molecule has 8 aliphatic heterocycles. The monoisotopic (exact) mass is 1800 g/mol. The number of benzene rings is 16. The Bertz CT molecular complexity index is 7920. The molecule has 0 amide bonds. The Hall–Kier alpha value is -13.0. The standard InChI is InChI=1S/3C25H16BNO.C24H13BF4I2N2O.2FH/c1-15-7-6-8-16-17-13-14-22-23-25(17)27(24(15)16)20-11-4-2-9-18(20)26(23)19-10-3-5-12-21(19)28-22;1-15-10-12-20-17(14-15)16-11-13-23-24-25(16)27(20)21-8-4-2-6-18(21)26(24)19-7-3-5-9-22(19)28-23;1-15-10-11-16-17-12-13-23-24-25(17)27(21(16)14-15)20-8-4-2-6-18(20)26(24)19-7-3-5-9-22(19)28-23;26-30(27)32-31(28,29)17-8-5-10-19-22(17)14-12-13-21-23-24(14)33(19)18-9-3-1-6-15(18)25(23)16-7-2-4-11-20(16)34-21;;/h3*2-14H,1H3;1-13H;2*1H/p-2. The van der Waals surface area contributed by atoms with E-state index in [0.717, 1.165) is 67.8 Å². The molecular formula is C99H61B4F6I2N5O4-2. The summed E-state index contributed by atoms with van der Waals surface area (Å²) in [5.41, 5.74) is 32.3. The first-order chi connectivity index (χ1) is 57.9. The minimum absolute atomic E-state index is 0. The number of aryl methyl sites for hydroxylation is 3. The van der Waals surface area contributed by atoms with Crippen LogP contribution in [0.1, 0.15) is 16.7 Å². The van der Waals surface area contributed by atoms with Gasteiger partial charge in [-0.05, 0) is 172 Å². The third-order valence-electron chi connectivity index (χ3n) is 25.5. The molecule has 0 N–H and O–H groups in total. The predicted octanol–water partition coefficient (Wildman–Crippen LogP) is 13.2. The molecule has 9 nitrogen and oxygen atoms in total. The van der Waals surface area contributed by atoms with Crippen molar-refractivity contribution in [3.8, 4) is 68.7 Å². The van der Waals surface area contributed by atoms with Crippen molar-refractivity contribution in [3.05, 3.63) is 336 Å². The molecule has 0 fully saturated rings. The van der Waals surface area contributed by atoms with Crippen LogP contribution in [-0.2, 0) is 0 Å². The van der Waals surface area contributed by atoms with Crippen LogP contribution in [0, 0.1) is 24.3 Å². The summed E-state index contributed by atoms with van der Waals surface area (Å²) in [5.74, 6) is 7.28. The molecule has 21 heteroatoms. The predicted molar refractivity (Wildman–Crippen MR) is 496 cm³/mol. The van der Waals surface area contributed by atoms with Gasteiger partial charge in [0, 0.05) is 49.4 Å². The Morgan fingerprint density at radius 3 is 1.09 bits per heavy atom. The van der Waals surface area contributed by atoms with Crippen molar-refractivity contribution in [2.75, 3.05) is 0 Å². The maximum atomic E-state index is 15.2. The fourth-order valence-corrected chi connectivity index (χ4v) is 27.1. The van der Waals surface area contributed by atoms with Crippen molar-refractivity contribution in [2.45, 2.75) is 20.8 Å². The van der Waals surface area contributed by atoms with Gasteiger partial charge in [0.15, 0.2) is 0 Å². The number of fused-ring (bicyclic) bond motifs is 32. The quantitative estimate of drug-likeness (QED) is 0.0982. The van der Waals surface area contributed by atoms with E-state index in [4.69, 9.17) is 18.9 Å². The molecular weight excluding hydrogens is 1730 g/mol. The third kappa shape index (κ3) is 10.1. The molecule has 20 aromatic rings. The summed E-state index contributed by atoms with van der Waals surface area (Å²) in [5, 5.41) is 8.77. The zero-order valence-corrected chi connectivity index (χ0v) is 68.5. The Balaban J connectivity index is 0.0000000931. The summed E-state index contributed by atoms with van der Waals surface area (Å²) < 4.78 is 93.7. The fourth-order valence-electron chi connectivity index (χ4n) is 21.0. The van der Waals surface area contributed by atoms with Gasteiger partial charge in [0.25, 0.3) is 20.1 Å². The number of hydrogen-bond donors (Lipinski definition) is 0. The second kappa shape index (κ2) is 26.8. The van der Waals surface area contributed by atoms with Gasteiger partial charge in [-0.1, -0.05) is 151 Å². The van der Waals surface area contributed by atoms with Crippen molar-refractivity contribution >= 4 is 220 Å². The van der Waals surface area contributed by atoms with Crippen LogP contribution < -0.4 is 93.9 Å². The van der Waals surface area contributed by atoms with E-state index < -0.39 is 40.6 Å². The van der Waals surface area contributed by atoms with Crippen LogP contribution >= 0.6 is 40.6 Å². The molecule has 28 rings (SSSR count). The van der Waals surface area contributed by atoms with Gasteiger partial charge in [0.05, 0.1) is 33.1 Å². The first-order valence-electron chi connectivity index (χ1n) is 39.6. The maximum absolute atomic E-state index is 15.2. The first-order valence-corrected chi connectivity index (χ1v) is 45.9. The van der Waals surface area contributed by atoms with Gasteiger partial charge in [-0.2, -0.15) is 0 Å². The molecule has 12 heterocycles. The molecule has 0 bridgehead atoms. The van der Waals surface area contributed by atoms with Gasteiger partial charge >= 0.3 is 207 Å². The van der Waals surface area contributed by atoms with Crippen LogP contribution in [0.15, 0.2) is 317 Å². The van der Waals surface area contributed by atoms with Crippen molar-refractivity contribution in [1.82, 2.24) is 18.3 Å². The molecule has 8 aliphatic rings. The van der Waals surface area contributed by atoms with E-state index >= 15 is 5.72 Å². The van der Waals surface area contributed by atoms with Crippen LogP contribution in [-0.4, -0.2) is 45.1 Å². The van der Waals surface area contributed by atoms with Crippen LogP contribution in [0.3, 0.4) is 0 Å². The van der Waals surface area contributed by atoms with Gasteiger partial charge in [0.1, 0.15) is 34.5 Å². The van der Waals surface area contributed by atoms with E-state index in [-0.39, 0.29) is 39.8 Å². The fraction of sp³-hybridized carbons (Fsp3) is 0.0303. The zero-order chi connectivity index (χ0) is 78.4. The van der Waals surface area contributed by atoms with Gasteiger partial charge < -0.3 is 37.3 Å². The Kier molecular flexibility index (Phi) is 16.1. The summed E-state index contributed by atoms with van der Waals surface area (Å²) in [6.45, 7) is 7.03. The molecule has 4 aromatic heterocycles. The summed E-state index contributed by atoms with van der Waals surface area (Å²) >= 11 is -11.2. The van der Waals surface area contributed by atoms with Crippen molar-refractivity contribution in [1.29, 1.82) is 0 Å². The van der Waals surface area contributed by atoms with Crippen molar-refractivity contribution in [2.24, 2.45) is 1.36 Å². The van der Waals surface area contributed by atoms with Gasteiger partial charge in [-0.25, -0.2) is 0 Å². The number of hydrogen-bond acceptors (Lipinski definition) is 5. The summed E-state index contributed by atoms with van der Waals surface area (Å²) in [6.07, 6.45) is 0. The molecule has 120 heavy (non-hydrogen) atoms. The van der Waals surface area contributed by atoms with Gasteiger partial charge in [-0.3, -0.25) is 0 Å². The topological polar surface area (TPSA) is 69.0 Å². The molecule has 0 saturated carbocycles. The molecule has 0 atom stereocenters. The molecule has 0 aliphatic carbocycles. The van der Waals surface area contributed by atoms with Gasteiger partial charge in [-0.15, -0.1) is 0 Å². The normalized spacial score (nSPS) is 13.5. The molecule has 0 unspecified atom stereocenters. The summed E-state index contributed by atoms with van der Waals surface area (Å²) in [6, 6.07) is 109. The Morgan fingerprint density at radius 2 is 0.625 bits per heavy atom. The van der Waals surface area contributed by atoms with Crippen molar-refractivity contribution in [3.63, 3.8) is 0 Å². The molecule has 0 saturated heterocycles. The third-order valence-corrected chi connectivity index (χ3v) is 33.5. The molecule has 16 aromatic carbocycles. The van der Waals surface area contributed by atoms with Crippen LogP contribution in [0.4, 0.5) is 11.4 Å². The zero-order valence-electron chi connectivity index (χ0n) is 64.2. The average Bonchev–Trinajstić information content (AvgIpc) is 1.52. The summed E-state index contributed by atoms with van der Waals surface area (Å²) in [4.78, 5) is 0. The minimum atomic E-state index is -6.20. The van der Waals surface area contributed by atoms with E-state index in [2.05, 4.69) is 272 Å². The molecule has 0 radical (unpaired) electrons. The average molecular weight is 1800 g/mol. The van der Waals surface area contributed by atoms with Gasteiger partial charge in [0.2, 0.25) is 0 Å². The van der Waals surface area contributed by atoms with E-state index in [1.807, 2.05) is 53.1 Å². The number of para-hydroxylation sites is 9. The molecule has 0 spiro atoms. The van der Waals surface area contributed by atoms with E-state index in [9.17, 15) is 5.72 Å². The van der Waals surface area contributed by atoms with Crippen LogP contribution in [0.5, 0.6) is 46.0 Å². The first kappa shape index (κ1) is 72.3. The molecule has 576 valence electrons. The van der Waals surface area contributed by atoms with Crippen molar-refractivity contribution < 1.29 is 39.8 Å². The van der Waals surface area contributed by atoms with Crippen LogP contribution in [0.25, 0.3) is 110 Å². The van der Waals surface area contributed by atoms with E-state index in [1.165, 1.54) is 160 Å². The number of rotatable bonds is 2. The Morgan fingerprint density at radius 1 is 0.283 bits per heavy atom.